The maximum Gasteiger partial charge on any atom is 0.103 e. The Bertz CT molecular complexity index is 784. The number of fused-ring (bicyclic) bond motifs is 1. The molecular weight excluding hydrogens is 274 g/mol. The molecule has 1 saturated heterocycles. The van der Waals surface area contributed by atoms with Gasteiger partial charge in [-0.15, -0.1) is 0 Å². The second kappa shape index (κ2) is 4.33. The van der Waals surface area contributed by atoms with Crippen molar-refractivity contribution < 1.29 is 0 Å². The van der Waals surface area contributed by atoms with Crippen LogP contribution >= 0.6 is 11.6 Å². The number of aromatic nitrogens is 4. The largest absolute Gasteiger partial charge is 0.315 e. The van der Waals surface area contributed by atoms with E-state index in [4.69, 9.17) is 11.6 Å². The van der Waals surface area contributed by atoms with E-state index in [0.717, 1.165) is 34.7 Å². The summed E-state index contributed by atoms with van der Waals surface area (Å²) in [5, 5.41) is 13.8. The molecule has 1 N–H and O–H groups in total. The number of halogens is 1. The molecule has 0 radical (unpaired) electrons. The molecule has 0 bridgehead atoms. The van der Waals surface area contributed by atoms with Crippen LogP contribution in [0.25, 0.3) is 16.6 Å². The molecule has 3 aromatic rings. The smallest absolute Gasteiger partial charge is 0.103 e. The zero-order valence-electron chi connectivity index (χ0n) is 11.0. The van der Waals surface area contributed by atoms with Crippen LogP contribution in [0.2, 0.25) is 5.02 Å². The molecule has 1 aliphatic rings. The van der Waals surface area contributed by atoms with Crippen molar-refractivity contribution in [3.05, 3.63) is 41.3 Å². The van der Waals surface area contributed by atoms with Gasteiger partial charge in [0.15, 0.2) is 0 Å². The third-order valence-electron chi connectivity index (χ3n) is 3.84. The van der Waals surface area contributed by atoms with Crippen LogP contribution in [0.15, 0.2) is 30.7 Å². The molecule has 102 valence electrons. The van der Waals surface area contributed by atoms with E-state index in [1.165, 1.54) is 5.56 Å². The van der Waals surface area contributed by atoms with E-state index in [-0.39, 0.29) is 0 Å². The van der Waals surface area contributed by atoms with Gasteiger partial charge in [-0.3, -0.25) is 4.68 Å². The van der Waals surface area contributed by atoms with E-state index in [2.05, 4.69) is 21.6 Å². The van der Waals surface area contributed by atoms with Gasteiger partial charge in [0.05, 0.1) is 24.1 Å². The number of nitrogens with one attached hydrogen (secondary N) is 1. The highest BCUT2D eigenvalue weighted by atomic mass is 35.5. The van der Waals surface area contributed by atoms with Crippen molar-refractivity contribution in [2.24, 2.45) is 7.05 Å². The Kier molecular flexibility index (Phi) is 2.58. The lowest BCUT2D eigenvalue weighted by Crippen LogP contribution is -2.40. The predicted octanol–water partition coefficient (Wildman–Crippen LogP) is 2.10. The van der Waals surface area contributed by atoms with Gasteiger partial charge in [-0.25, -0.2) is 4.68 Å². The van der Waals surface area contributed by atoms with Crippen molar-refractivity contribution in [2.45, 2.75) is 5.92 Å². The van der Waals surface area contributed by atoms with E-state index in [0.29, 0.717) is 5.92 Å². The fourth-order valence-electron chi connectivity index (χ4n) is 2.61. The fourth-order valence-corrected chi connectivity index (χ4v) is 2.93. The second-order valence-electron chi connectivity index (χ2n) is 5.22. The van der Waals surface area contributed by atoms with E-state index >= 15 is 0 Å². The third-order valence-corrected chi connectivity index (χ3v) is 4.17. The van der Waals surface area contributed by atoms with Gasteiger partial charge in [0, 0.05) is 36.5 Å². The van der Waals surface area contributed by atoms with Crippen molar-refractivity contribution in [1.82, 2.24) is 24.9 Å². The first-order chi connectivity index (χ1) is 9.72. The molecule has 20 heavy (non-hydrogen) atoms. The number of rotatable bonds is 2. The summed E-state index contributed by atoms with van der Waals surface area (Å²) >= 11 is 6.39. The summed E-state index contributed by atoms with van der Waals surface area (Å²) in [6.45, 7) is 1.98. The number of benzene rings is 1. The summed E-state index contributed by atoms with van der Waals surface area (Å²) in [5.41, 5.74) is 3.23. The van der Waals surface area contributed by atoms with Crippen LogP contribution in [-0.4, -0.2) is 32.7 Å². The van der Waals surface area contributed by atoms with Gasteiger partial charge in [-0.1, -0.05) is 11.6 Å². The highest BCUT2D eigenvalue weighted by Crippen LogP contribution is 2.32. The maximum absolute atomic E-state index is 6.39. The topological polar surface area (TPSA) is 47.7 Å². The zero-order valence-corrected chi connectivity index (χ0v) is 11.8. The van der Waals surface area contributed by atoms with Crippen molar-refractivity contribution >= 4 is 22.5 Å². The number of nitrogens with zero attached hydrogens (tertiary/aromatic N) is 4. The normalized spacial score (nSPS) is 15.7. The standard InChI is InChI=1S/C14H14ClN5/c1-19-8-11(7-17-19)20-14-3-12(10-4-16-5-10)13(15)2-9(14)6-18-20/h2-3,6-8,10,16H,4-5H2,1H3. The lowest BCUT2D eigenvalue weighted by molar-refractivity contribution is 0.449. The number of aryl methyl sites for hydroxylation is 1. The van der Waals surface area contributed by atoms with Gasteiger partial charge >= 0.3 is 0 Å². The van der Waals surface area contributed by atoms with Gasteiger partial charge in [0.2, 0.25) is 0 Å². The Labute approximate surface area is 121 Å². The third kappa shape index (κ3) is 1.74. The van der Waals surface area contributed by atoms with Gasteiger partial charge in [-0.05, 0) is 17.7 Å². The van der Waals surface area contributed by atoms with Crippen LogP contribution in [0, 0.1) is 0 Å². The van der Waals surface area contributed by atoms with Crippen LogP contribution in [0.4, 0.5) is 0 Å². The minimum absolute atomic E-state index is 0.504. The van der Waals surface area contributed by atoms with Crippen LogP contribution < -0.4 is 5.32 Å². The average Bonchev–Trinajstić information content (AvgIpc) is 2.93. The predicted molar refractivity (Wildman–Crippen MR) is 78.5 cm³/mol. The first kappa shape index (κ1) is 11.9. The lowest BCUT2D eigenvalue weighted by atomic mass is 9.93. The summed E-state index contributed by atoms with van der Waals surface area (Å²) in [7, 11) is 1.90. The van der Waals surface area contributed by atoms with Crippen molar-refractivity contribution in [1.29, 1.82) is 0 Å². The summed E-state index contributed by atoms with van der Waals surface area (Å²) in [6, 6.07) is 4.16. The lowest BCUT2D eigenvalue weighted by Gasteiger charge is -2.28. The van der Waals surface area contributed by atoms with Crippen LogP contribution in [0.5, 0.6) is 0 Å². The molecule has 2 aromatic heterocycles. The van der Waals surface area contributed by atoms with E-state index in [1.807, 2.05) is 36.4 Å². The molecule has 1 aliphatic heterocycles. The average molecular weight is 288 g/mol. The van der Waals surface area contributed by atoms with Crippen molar-refractivity contribution in [3.8, 4) is 5.69 Å². The Balaban J connectivity index is 1.90. The minimum Gasteiger partial charge on any atom is -0.315 e. The summed E-state index contributed by atoms with van der Waals surface area (Å²) in [5.74, 6) is 0.504. The molecule has 3 heterocycles. The molecule has 0 saturated carbocycles. The van der Waals surface area contributed by atoms with E-state index in [9.17, 15) is 0 Å². The Morgan fingerprint density at radius 3 is 2.75 bits per heavy atom. The van der Waals surface area contributed by atoms with Gasteiger partial charge in [-0.2, -0.15) is 10.2 Å². The Morgan fingerprint density at radius 2 is 2.10 bits per heavy atom. The first-order valence-electron chi connectivity index (χ1n) is 6.59. The zero-order chi connectivity index (χ0) is 13.7. The molecule has 0 spiro atoms. The molecule has 1 aromatic carbocycles. The molecule has 0 aliphatic carbocycles. The van der Waals surface area contributed by atoms with Gasteiger partial charge < -0.3 is 5.32 Å². The number of hydrogen-bond donors (Lipinski definition) is 1. The molecular formula is C14H14ClN5. The monoisotopic (exact) mass is 287 g/mol. The molecule has 5 nitrogen and oxygen atoms in total. The van der Waals surface area contributed by atoms with Crippen LogP contribution in [0.1, 0.15) is 11.5 Å². The van der Waals surface area contributed by atoms with E-state index < -0.39 is 0 Å². The number of hydrogen-bond acceptors (Lipinski definition) is 3. The van der Waals surface area contributed by atoms with E-state index in [1.54, 1.807) is 4.68 Å². The molecule has 0 amide bonds. The second-order valence-corrected chi connectivity index (χ2v) is 5.62. The van der Waals surface area contributed by atoms with Crippen molar-refractivity contribution in [2.75, 3.05) is 13.1 Å². The van der Waals surface area contributed by atoms with Gasteiger partial charge in [0.1, 0.15) is 5.69 Å². The Morgan fingerprint density at radius 1 is 1.25 bits per heavy atom. The van der Waals surface area contributed by atoms with Crippen LogP contribution in [0.3, 0.4) is 0 Å². The summed E-state index contributed by atoms with van der Waals surface area (Å²) < 4.78 is 3.68. The highest BCUT2D eigenvalue weighted by molar-refractivity contribution is 6.32. The van der Waals surface area contributed by atoms with Gasteiger partial charge in [0.25, 0.3) is 0 Å². The maximum atomic E-state index is 6.39. The SMILES string of the molecule is Cn1cc(-n2ncc3cc(Cl)c(C4CNC4)cc32)cn1. The van der Waals surface area contributed by atoms with Crippen molar-refractivity contribution in [3.63, 3.8) is 0 Å². The molecule has 0 unspecified atom stereocenters. The first-order valence-corrected chi connectivity index (χ1v) is 6.97. The quantitative estimate of drug-likeness (QED) is 0.785. The molecule has 6 heteroatoms. The minimum atomic E-state index is 0.504. The molecule has 4 rings (SSSR count). The molecule has 0 atom stereocenters. The summed E-state index contributed by atoms with van der Waals surface area (Å²) in [6.07, 6.45) is 5.61. The summed E-state index contributed by atoms with van der Waals surface area (Å²) in [4.78, 5) is 0. The Hall–Kier alpha value is -1.85. The molecule has 1 fully saturated rings. The van der Waals surface area contributed by atoms with Crippen LogP contribution in [-0.2, 0) is 7.05 Å². The fraction of sp³-hybridized carbons (Fsp3) is 0.286. The highest BCUT2D eigenvalue weighted by Gasteiger charge is 2.22.